The fourth-order valence-corrected chi connectivity index (χ4v) is 2.51. The number of hydrogen-bond acceptors (Lipinski definition) is 3. The first-order chi connectivity index (χ1) is 8.98. The number of nitrogens with zero attached hydrogens (tertiary/aromatic N) is 2. The predicted octanol–water partition coefficient (Wildman–Crippen LogP) is 2.68. The number of carbonyl (C=O) groups excluding carboxylic acids is 1. The molecule has 0 saturated carbocycles. The molecule has 0 unspecified atom stereocenters. The number of amides is 1. The van der Waals surface area contributed by atoms with Crippen LogP contribution in [0.5, 0.6) is 0 Å². The van der Waals surface area contributed by atoms with Crippen molar-refractivity contribution < 1.29 is 4.79 Å². The number of hydrazone groups is 1. The van der Waals surface area contributed by atoms with Gasteiger partial charge in [0.15, 0.2) is 0 Å². The Morgan fingerprint density at radius 3 is 2.74 bits per heavy atom. The van der Waals surface area contributed by atoms with Gasteiger partial charge in [0.25, 0.3) is 0 Å². The Hall–Kier alpha value is -1.97. The van der Waals surface area contributed by atoms with Crippen LogP contribution in [0.2, 0.25) is 0 Å². The molecule has 0 fully saturated rings. The van der Waals surface area contributed by atoms with Crippen molar-refractivity contribution >= 4 is 23.0 Å². The summed E-state index contributed by atoms with van der Waals surface area (Å²) in [5, 5.41) is 4.15. The molecule has 1 amide bonds. The van der Waals surface area contributed by atoms with E-state index in [9.17, 15) is 4.79 Å². The molecule has 4 nitrogen and oxygen atoms in total. The Balaban J connectivity index is 2.01. The molecule has 0 spiro atoms. The second-order valence-electron chi connectivity index (χ2n) is 5.65. The zero-order chi connectivity index (χ0) is 13.6. The molecule has 2 aliphatic heterocycles. The maximum absolute atomic E-state index is 11.1. The molecular weight excluding hydrogens is 238 g/mol. The van der Waals surface area contributed by atoms with Crippen LogP contribution in [0.25, 0.3) is 0 Å². The van der Waals surface area contributed by atoms with Crippen LogP contribution < -0.4 is 5.43 Å². The van der Waals surface area contributed by atoms with E-state index in [-0.39, 0.29) is 11.3 Å². The van der Waals surface area contributed by atoms with E-state index in [0.717, 1.165) is 22.7 Å². The summed E-state index contributed by atoms with van der Waals surface area (Å²) in [5.41, 5.74) is 7.97. The van der Waals surface area contributed by atoms with E-state index in [1.165, 1.54) is 5.56 Å². The molecule has 0 saturated heterocycles. The van der Waals surface area contributed by atoms with Gasteiger partial charge in [0.05, 0.1) is 11.4 Å². The summed E-state index contributed by atoms with van der Waals surface area (Å²) in [6, 6.07) is 6.24. The summed E-state index contributed by atoms with van der Waals surface area (Å²) in [5.74, 6) is -0.00980. The summed E-state index contributed by atoms with van der Waals surface area (Å²) in [6.07, 6.45) is 1.21. The van der Waals surface area contributed by atoms with Crippen LogP contribution in [0, 0.1) is 0 Å². The maximum Gasteiger partial charge on any atom is 0.240 e. The summed E-state index contributed by atoms with van der Waals surface area (Å²) in [4.78, 5) is 15.7. The third-order valence-electron chi connectivity index (χ3n) is 4.10. The molecule has 0 aliphatic carbocycles. The molecule has 0 atom stereocenters. The quantitative estimate of drug-likeness (QED) is 0.824. The van der Waals surface area contributed by atoms with E-state index in [1.807, 2.05) is 12.1 Å². The Kier molecular flexibility index (Phi) is 2.55. The van der Waals surface area contributed by atoms with Gasteiger partial charge in [0, 0.05) is 24.0 Å². The standard InChI is InChI=1S/C15H17N3O/c1-9-15(2,3)11-8-10(4-5-13(11)16-9)12-6-7-14(19)18-17-12/h4-5,8H,6-7H2,1-3H3,(H,18,19). The predicted molar refractivity (Wildman–Crippen MR) is 76.2 cm³/mol. The lowest BCUT2D eigenvalue weighted by atomic mass is 9.81. The lowest BCUT2D eigenvalue weighted by molar-refractivity contribution is -0.121. The van der Waals surface area contributed by atoms with Crippen LogP contribution in [0.4, 0.5) is 5.69 Å². The number of fused-ring (bicyclic) bond motifs is 1. The zero-order valence-electron chi connectivity index (χ0n) is 11.4. The van der Waals surface area contributed by atoms with Gasteiger partial charge in [-0.05, 0) is 30.2 Å². The van der Waals surface area contributed by atoms with Crippen molar-refractivity contribution in [2.45, 2.75) is 39.0 Å². The Bertz CT molecular complexity index is 626. The SMILES string of the molecule is CC1=Nc2ccc(C3=NNC(=O)CC3)cc2C1(C)C. The molecular formula is C15H17N3O. The van der Waals surface area contributed by atoms with E-state index in [0.29, 0.717) is 12.8 Å². The number of hydrogen-bond donors (Lipinski definition) is 1. The molecule has 1 N–H and O–H groups in total. The Labute approximate surface area is 112 Å². The lowest BCUT2D eigenvalue weighted by Gasteiger charge is -2.21. The Morgan fingerprint density at radius 1 is 1.26 bits per heavy atom. The van der Waals surface area contributed by atoms with E-state index in [4.69, 9.17) is 0 Å². The van der Waals surface area contributed by atoms with E-state index < -0.39 is 0 Å². The monoisotopic (exact) mass is 255 g/mol. The molecule has 2 heterocycles. The highest BCUT2D eigenvalue weighted by molar-refractivity contribution is 6.06. The first-order valence-corrected chi connectivity index (χ1v) is 6.54. The van der Waals surface area contributed by atoms with Gasteiger partial charge in [-0.2, -0.15) is 5.10 Å². The van der Waals surface area contributed by atoms with Crippen molar-refractivity contribution in [2.24, 2.45) is 10.1 Å². The smallest absolute Gasteiger partial charge is 0.240 e. The maximum atomic E-state index is 11.1. The largest absolute Gasteiger partial charge is 0.273 e. The fraction of sp³-hybridized carbons (Fsp3) is 0.400. The molecule has 19 heavy (non-hydrogen) atoms. The van der Waals surface area contributed by atoms with Crippen molar-refractivity contribution in [2.75, 3.05) is 0 Å². The minimum absolute atomic E-state index is 0.00980. The minimum Gasteiger partial charge on any atom is -0.273 e. The first kappa shape index (κ1) is 12.1. The summed E-state index contributed by atoms with van der Waals surface area (Å²) >= 11 is 0. The van der Waals surface area contributed by atoms with Crippen LogP contribution >= 0.6 is 0 Å². The van der Waals surface area contributed by atoms with Crippen molar-refractivity contribution in [3.05, 3.63) is 29.3 Å². The third kappa shape index (κ3) is 1.87. The number of aliphatic imine (C=N–C) groups is 1. The van der Waals surface area contributed by atoms with Crippen molar-refractivity contribution in [3.8, 4) is 0 Å². The molecule has 98 valence electrons. The highest BCUT2D eigenvalue weighted by Gasteiger charge is 2.32. The average Bonchev–Trinajstić information content (AvgIpc) is 2.61. The van der Waals surface area contributed by atoms with Crippen molar-refractivity contribution in [1.82, 2.24) is 5.43 Å². The van der Waals surface area contributed by atoms with Gasteiger partial charge < -0.3 is 0 Å². The van der Waals surface area contributed by atoms with Crippen LogP contribution in [-0.2, 0) is 10.2 Å². The normalized spacial score (nSPS) is 20.5. The molecule has 2 aliphatic rings. The van der Waals surface area contributed by atoms with Crippen molar-refractivity contribution in [1.29, 1.82) is 0 Å². The summed E-state index contributed by atoms with van der Waals surface area (Å²) in [6.45, 7) is 6.44. The van der Waals surface area contributed by atoms with Gasteiger partial charge >= 0.3 is 0 Å². The van der Waals surface area contributed by atoms with Gasteiger partial charge in [0.1, 0.15) is 0 Å². The zero-order valence-corrected chi connectivity index (χ0v) is 11.4. The Morgan fingerprint density at radius 2 is 2.05 bits per heavy atom. The fourth-order valence-electron chi connectivity index (χ4n) is 2.51. The van der Waals surface area contributed by atoms with E-state index in [2.05, 4.69) is 42.4 Å². The summed E-state index contributed by atoms with van der Waals surface area (Å²) < 4.78 is 0. The first-order valence-electron chi connectivity index (χ1n) is 6.54. The number of rotatable bonds is 1. The van der Waals surface area contributed by atoms with Crippen molar-refractivity contribution in [3.63, 3.8) is 0 Å². The molecule has 4 heteroatoms. The van der Waals surface area contributed by atoms with E-state index >= 15 is 0 Å². The third-order valence-corrected chi connectivity index (χ3v) is 4.10. The molecule has 1 aromatic carbocycles. The average molecular weight is 255 g/mol. The van der Waals surface area contributed by atoms with Gasteiger partial charge in [0.2, 0.25) is 5.91 Å². The lowest BCUT2D eigenvalue weighted by Crippen LogP contribution is -2.26. The molecule has 1 aromatic rings. The van der Waals surface area contributed by atoms with Crippen LogP contribution in [0.3, 0.4) is 0 Å². The van der Waals surface area contributed by atoms with Crippen LogP contribution in [-0.4, -0.2) is 17.3 Å². The van der Waals surface area contributed by atoms with Crippen LogP contribution in [0.15, 0.2) is 28.3 Å². The number of carbonyl (C=O) groups is 1. The second-order valence-corrected chi connectivity index (χ2v) is 5.65. The summed E-state index contributed by atoms with van der Waals surface area (Å²) in [7, 11) is 0. The molecule has 3 rings (SSSR count). The highest BCUT2D eigenvalue weighted by Crippen LogP contribution is 2.40. The van der Waals surface area contributed by atoms with E-state index in [1.54, 1.807) is 0 Å². The van der Waals surface area contributed by atoms with Crippen LogP contribution in [0.1, 0.15) is 44.7 Å². The van der Waals surface area contributed by atoms with Gasteiger partial charge in [-0.15, -0.1) is 0 Å². The topological polar surface area (TPSA) is 53.8 Å². The minimum atomic E-state index is -0.0240. The molecule has 0 aromatic heterocycles. The number of benzene rings is 1. The molecule has 0 bridgehead atoms. The molecule has 0 radical (unpaired) electrons. The van der Waals surface area contributed by atoms with Gasteiger partial charge in [-0.1, -0.05) is 19.9 Å². The number of nitrogens with one attached hydrogen (secondary N) is 1. The highest BCUT2D eigenvalue weighted by atomic mass is 16.2. The second kappa shape index (κ2) is 4.02. The van der Waals surface area contributed by atoms with Gasteiger partial charge in [-0.25, -0.2) is 5.43 Å². The van der Waals surface area contributed by atoms with Gasteiger partial charge in [-0.3, -0.25) is 9.79 Å².